The van der Waals surface area contributed by atoms with Gasteiger partial charge < -0.3 is 14.9 Å². The van der Waals surface area contributed by atoms with E-state index in [9.17, 15) is 14.9 Å². The molecule has 0 saturated heterocycles. The molecule has 0 fully saturated rings. The van der Waals surface area contributed by atoms with Crippen molar-refractivity contribution in [2.45, 2.75) is 13.0 Å². The lowest BCUT2D eigenvalue weighted by Gasteiger charge is -2.07. The summed E-state index contributed by atoms with van der Waals surface area (Å²) in [4.78, 5) is 25.9. The highest BCUT2D eigenvalue weighted by atomic mass is 16.6. The van der Waals surface area contributed by atoms with Gasteiger partial charge in [-0.25, -0.2) is 0 Å². The molecule has 7 heteroatoms. The fraction of sp³-hybridized carbons (Fsp3) is 0.150. The minimum absolute atomic E-state index is 0.0318. The molecule has 2 N–H and O–H groups in total. The number of aryl methyl sites for hydroxylation is 1. The zero-order chi connectivity index (χ0) is 18.8. The van der Waals surface area contributed by atoms with Gasteiger partial charge in [-0.15, -0.1) is 0 Å². The highest BCUT2D eigenvalue weighted by molar-refractivity contribution is 6.07. The number of hydrogen-bond donors (Lipinski definition) is 2. The molecule has 136 valence electrons. The molecule has 0 spiro atoms. The summed E-state index contributed by atoms with van der Waals surface area (Å²) < 4.78 is 2.16. The Morgan fingerprint density at radius 3 is 2.89 bits per heavy atom. The molecule has 2 aromatic heterocycles. The third kappa shape index (κ3) is 3.27. The number of benzene rings is 2. The van der Waals surface area contributed by atoms with Crippen molar-refractivity contribution in [2.75, 3.05) is 6.54 Å². The van der Waals surface area contributed by atoms with Crippen LogP contribution in [-0.2, 0) is 6.54 Å². The average molecular weight is 362 g/mol. The van der Waals surface area contributed by atoms with Gasteiger partial charge in [0.2, 0.25) is 0 Å². The summed E-state index contributed by atoms with van der Waals surface area (Å²) in [7, 11) is 0. The van der Waals surface area contributed by atoms with Gasteiger partial charge in [0.25, 0.3) is 11.6 Å². The molecular weight excluding hydrogens is 344 g/mol. The van der Waals surface area contributed by atoms with Crippen LogP contribution >= 0.6 is 0 Å². The third-order valence-corrected chi connectivity index (χ3v) is 4.66. The SMILES string of the molecule is O=C(NCCCn1ccc2ccccc21)c1c[nH]c2ccc([N+](=O)[O-])cc12. The number of hydrogen-bond acceptors (Lipinski definition) is 3. The number of aromatic amines is 1. The molecule has 0 saturated carbocycles. The summed E-state index contributed by atoms with van der Waals surface area (Å²) in [6.07, 6.45) is 4.42. The molecule has 7 nitrogen and oxygen atoms in total. The standard InChI is InChI=1S/C20H18N4O3/c25-20(17-13-22-18-7-6-15(24(26)27)12-16(17)18)21-9-3-10-23-11-8-14-4-1-2-5-19(14)23/h1-2,4-8,11-13,22H,3,9-10H2,(H,21,25). The number of non-ortho nitro benzene ring substituents is 1. The van der Waals surface area contributed by atoms with Crippen molar-refractivity contribution < 1.29 is 9.72 Å². The lowest BCUT2D eigenvalue weighted by atomic mass is 10.1. The molecule has 0 radical (unpaired) electrons. The molecule has 2 heterocycles. The number of nitrogens with one attached hydrogen (secondary N) is 2. The summed E-state index contributed by atoms with van der Waals surface area (Å²) in [6.45, 7) is 1.32. The summed E-state index contributed by atoms with van der Waals surface area (Å²) in [5, 5.41) is 15.6. The van der Waals surface area contributed by atoms with Crippen LogP contribution in [0.2, 0.25) is 0 Å². The van der Waals surface area contributed by atoms with Crippen LogP contribution in [0.15, 0.2) is 60.9 Å². The number of nitrogens with zero attached hydrogens (tertiary/aromatic N) is 2. The van der Waals surface area contributed by atoms with E-state index in [0.29, 0.717) is 23.0 Å². The van der Waals surface area contributed by atoms with Crippen LogP contribution in [0.25, 0.3) is 21.8 Å². The molecular formula is C20H18N4O3. The molecule has 0 unspecified atom stereocenters. The average Bonchev–Trinajstić information content (AvgIpc) is 3.28. The van der Waals surface area contributed by atoms with Gasteiger partial charge in [-0.2, -0.15) is 0 Å². The maximum absolute atomic E-state index is 12.5. The second kappa shape index (κ2) is 6.95. The Morgan fingerprint density at radius 1 is 1.19 bits per heavy atom. The normalized spacial score (nSPS) is 11.1. The van der Waals surface area contributed by atoms with E-state index in [1.165, 1.54) is 23.0 Å². The van der Waals surface area contributed by atoms with Gasteiger partial charge in [0, 0.05) is 54.0 Å². The highest BCUT2D eigenvalue weighted by Crippen LogP contribution is 2.23. The summed E-state index contributed by atoms with van der Waals surface area (Å²) in [5.74, 6) is -0.237. The lowest BCUT2D eigenvalue weighted by molar-refractivity contribution is -0.384. The Labute approximate surface area is 154 Å². The number of amides is 1. The van der Waals surface area contributed by atoms with Gasteiger partial charge in [-0.3, -0.25) is 14.9 Å². The Morgan fingerprint density at radius 2 is 2.04 bits per heavy atom. The predicted octanol–water partition coefficient (Wildman–Crippen LogP) is 3.85. The number of fused-ring (bicyclic) bond motifs is 2. The minimum Gasteiger partial charge on any atom is -0.360 e. The smallest absolute Gasteiger partial charge is 0.270 e. The molecule has 1 amide bonds. The molecule has 0 aliphatic carbocycles. The zero-order valence-corrected chi connectivity index (χ0v) is 14.5. The van der Waals surface area contributed by atoms with Crippen molar-refractivity contribution in [3.8, 4) is 0 Å². The summed E-state index contributed by atoms with van der Waals surface area (Å²) in [5.41, 5.74) is 2.26. The van der Waals surface area contributed by atoms with E-state index >= 15 is 0 Å². The minimum atomic E-state index is -0.463. The van der Waals surface area contributed by atoms with Gasteiger partial charge in [-0.05, 0) is 30.0 Å². The van der Waals surface area contributed by atoms with Gasteiger partial charge >= 0.3 is 0 Å². The first kappa shape index (κ1) is 16.8. The molecule has 0 atom stereocenters. The fourth-order valence-electron chi connectivity index (χ4n) is 3.29. The molecule has 0 aliphatic heterocycles. The number of carbonyl (C=O) groups is 1. The van der Waals surface area contributed by atoms with Crippen LogP contribution < -0.4 is 5.32 Å². The van der Waals surface area contributed by atoms with Gasteiger partial charge in [0.15, 0.2) is 0 Å². The van der Waals surface area contributed by atoms with Crippen LogP contribution in [0, 0.1) is 10.1 Å². The molecule has 4 aromatic rings. The Bertz CT molecular complexity index is 1140. The Balaban J connectivity index is 1.40. The quantitative estimate of drug-likeness (QED) is 0.310. The molecule has 0 aliphatic rings. The summed E-state index contributed by atoms with van der Waals surface area (Å²) in [6, 6.07) is 14.7. The lowest BCUT2D eigenvalue weighted by Crippen LogP contribution is -2.25. The monoisotopic (exact) mass is 362 g/mol. The van der Waals surface area contributed by atoms with Crippen LogP contribution in [0.4, 0.5) is 5.69 Å². The number of nitro groups is 1. The van der Waals surface area contributed by atoms with Crippen molar-refractivity contribution in [1.29, 1.82) is 0 Å². The van der Waals surface area contributed by atoms with E-state index < -0.39 is 4.92 Å². The highest BCUT2D eigenvalue weighted by Gasteiger charge is 2.15. The maximum atomic E-state index is 12.5. The van der Waals surface area contributed by atoms with Crippen molar-refractivity contribution in [3.63, 3.8) is 0 Å². The van der Waals surface area contributed by atoms with E-state index in [4.69, 9.17) is 0 Å². The largest absolute Gasteiger partial charge is 0.360 e. The van der Waals surface area contributed by atoms with Crippen molar-refractivity contribution in [2.24, 2.45) is 0 Å². The molecule has 27 heavy (non-hydrogen) atoms. The van der Waals surface area contributed by atoms with Crippen LogP contribution in [0.3, 0.4) is 0 Å². The van der Waals surface area contributed by atoms with Crippen molar-refractivity contribution in [1.82, 2.24) is 14.9 Å². The maximum Gasteiger partial charge on any atom is 0.270 e. The van der Waals surface area contributed by atoms with E-state index in [0.717, 1.165) is 13.0 Å². The molecule has 4 rings (SSSR count). The van der Waals surface area contributed by atoms with E-state index in [1.807, 2.05) is 18.3 Å². The zero-order valence-electron chi connectivity index (χ0n) is 14.5. The topological polar surface area (TPSA) is 93.0 Å². The van der Waals surface area contributed by atoms with Gasteiger partial charge in [0.05, 0.1) is 10.5 Å². The van der Waals surface area contributed by atoms with Crippen LogP contribution in [-0.4, -0.2) is 26.9 Å². The van der Waals surface area contributed by atoms with Crippen LogP contribution in [0.5, 0.6) is 0 Å². The molecule has 0 bridgehead atoms. The number of rotatable bonds is 6. The predicted molar refractivity (Wildman–Crippen MR) is 104 cm³/mol. The van der Waals surface area contributed by atoms with E-state index in [2.05, 4.69) is 33.1 Å². The fourth-order valence-corrected chi connectivity index (χ4v) is 3.29. The van der Waals surface area contributed by atoms with Crippen molar-refractivity contribution in [3.05, 3.63) is 76.6 Å². The second-order valence-electron chi connectivity index (χ2n) is 6.37. The number of carbonyl (C=O) groups excluding carboxylic acids is 1. The number of H-pyrrole nitrogens is 1. The van der Waals surface area contributed by atoms with E-state index in [-0.39, 0.29) is 11.6 Å². The number of aromatic nitrogens is 2. The first-order valence-corrected chi connectivity index (χ1v) is 8.71. The van der Waals surface area contributed by atoms with E-state index in [1.54, 1.807) is 12.3 Å². The van der Waals surface area contributed by atoms with Gasteiger partial charge in [-0.1, -0.05) is 18.2 Å². The molecule has 2 aromatic carbocycles. The van der Waals surface area contributed by atoms with Gasteiger partial charge in [0.1, 0.15) is 0 Å². The second-order valence-corrected chi connectivity index (χ2v) is 6.37. The third-order valence-electron chi connectivity index (χ3n) is 4.66. The number of para-hydroxylation sites is 1. The van der Waals surface area contributed by atoms with Crippen LogP contribution in [0.1, 0.15) is 16.8 Å². The first-order valence-electron chi connectivity index (χ1n) is 8.71. The number of nitro benzene ring substituents is 1. The Kier molecular flexibility index (Phi) is 4.33. The van der Waals surface area contributed by atoms with Crippen molar-refractivity contribution >= 4 is 33.4 Å². The Hall–Kier alpha value is -3.61. The summed E-state index contributed by atoms with van der Waals surface area (Å²) >= 11 is 0. The first-order chi connectivity index (χ1) is 13.1.